The number of pyridine rings is 1. The highest BCUT2D eigenvalue weighted by Crippen LogP contribution is 2.25. The Hall–Kier alpha value is -3.35. The van der Waals surface area contributed by atoms with Gasteiger partial charge in [-0.15, -0.1) is 0 Å². The highest BCUT2D eigenvalue weighted by atomic mass is 16.3. The van der Waals surface area contributed by atoms with Crippen molar-refractivity contribution in [3.63, 3.8) is 0 Å². The number of nitrogens with one attached hydrogen (secondary N) is 3. The molecule has 0 spiro atoms. The highest BCUT2D eigenvalue weighted by molar-refractivity contribution is 6.07. The van der Waals surface area contributed by atoms with Crippen LogP contribution in [0, 0.1) is 0 Å². The first-order valence-electron chi connectivity index (χ1n) is 9.51. The summed E-state index contributed by atoms with van der Waals surface area (Å²) in [6, 6.07) is 12.3. The van der Waals surface area contributed by atoms with Gasteiger partial charge in [0.15, 0.2) is 5.76 Å². The molecule has 0 atom stereocenters. The normalized spacial score (nSPS) is 14.6. The summed E-state index contributed by atoms with van der Waals surface area (Å²) in [4.78, 5) is 29.4. The molecule has 0 saturated heterocycles. The third kappa shape index (κ3) is 3.98. The predicted molar refractivity (Wildman–Crippen MR) is 105 cm³/mol. The van der Waals surface area contributed by atoms with E-state index in [-0.39, 0.29) is 6.04 Å². The van der Waals surface area contributed by atoms with Crippen molar-refractivity contribution in [1.29, 1.82) is 0 Å². The van der Waals surface area contributed by atoms with Crippen molar-refractivity contribution in [2.45, 2.75) is 38.1 Å². The Morgan fingerprint density at radius 2 is 1.82 bits per heavy atom. The largest absolute Gasteiger partial charge is 0.463 e. The molecule has 28 heavy (non-hydrogen) atoms. The number of hydrogen-bond donors (Lipinski definition) is 3. The molecule has 1 aliphatic carbocycles. The zero-order chi connectivity index (χ0) is 19.3. The zero-order valence-electron chi connectivity index (χ0n) is 15.4. The van der Waals surface area contributed by atoms with Gasteiger partial charge in [0.2, 0.25) is 0 Å². The lowest BCUT2D eigenvalue weighted by Gasteiger charge is -2.22. The van der Waals surface area contributed by atoms with Crippen LogP contribution in [-0.2, 0) is 0 Å². The second-order valence-electron chi connectivity index (χ2n) is 6.94. The van der Waals surface area contributed by atoms with Gasteiger partial charge in [0.05, 0.1) is 17.3 Å². The highest BCUT2D eigenvalue weighted by Gasteiger charge is 2.18. The van der Waals surface area contributed by atoms with Crippen LogP contribution in [0.3, 0.4) is 0 Å². The molecule has 7 nitrogen and oxygen atoms in total. The molecular weight excluding hydrogens is 356 g/mol. The third-order valence-electron chi connectivity index (χ3n) is 4.96. The number of amides is 3. The van der Waals surface area contributed by atoms with Gasteiger partial charge >= 0.3 is 6.03 Å². The van der Waals surface area contributed by atoms with Crippen LogP contribution in [0.5, 0.6) is 0 Å². The van der Waals surface area contributed by atoms with Crippen molar-refractivity contribution < 1.29 is 14.0 Å². The van der Waals surface area contributed by atoms with Crippen LogP contribution in [0.2, 0.25) is 0 Å². The van der Waals surface area contributed by atoms with Crippen LogP contribution in [0.15, 0.2) is 53.1 Å². The van der Waals surface area contributed by atoms with Crippen molar-refractivity contribution in [3.05, 3.63) is 54.3 Å². The Labute approximate surface area is 162 Å². The van der Waals surface area contributed by atoms with Crippen LogP contribution < -0.4 is 16.2 Å². The van der Waals surface area contributed by atoms with Crippen LogP contribution >= 0.6 is 0 Å². The quantitative estimate of drug-likeness (QED) is 0.605. The molecule has 3 aromatic rings. The minimum Gasteiger partial charge on any atom is -0.463 e. The van der Waals surface area contributed by atoms with Gasteiger partial charge in [0, 0.05) is 11.4 Å². The van der Waals surface area contributed by atoms with E-state index in [1.54, 1.807) is 24.5 Å². The van der Waals surface area contributed by atoms with Crippen LogP contribution in [0.25, 0.3) is 22.4 Å². The van der Waals surface area contributed by atoms with E-state index in [9.17, 15) is 9.59 Å². The second-order valence-corrected chi connectivity index (χ2v) is 6.94. The monoisotopic (exact) mass is 378 g/mol. The molecule has 1 aliphatic rings. The summed E-state index contributed by atoms with van der Waals surface area (Å²) in [7, 11) is 0. The maximum Gasteiger partial charge on any atom is 0.333 e. The summed E-state index contributed by atoms with van der Waals surface area (Å²) in [5.74, 6) is 0.160. The number of hydrogen-bond acceptors (Lipinski definition) is 4. The van der Waals surface area contributed by atoms with Crippen LogP contribution in [0.1, 0.15) is 42.5 Å². The van der Waals surface area contributed by atoms with Gasteiger partial charge in [-0.3, -0.25) is 10.2 Å². The van der Waals surface area contributed by atoms with Gasteiger partial charge in [-0.1, -0.05) is 37.5 Å². The van der Waals surface area contributed by atoms with E-state index >= 15 is 0 Å². The van der Waals surface area contributed by atoms with E-state index in [0.717, 1.165) is 25.7 Å². The Balaban J connectivity index is 1.51. The number of aromatic nitrogens is 1. The van der Waals surface area contributed by atoms with E-state index in [0.29, 0.717) is 27.9 Å². The molecule has 0 radical (unpaired) electrons. The molecule has 144 valence electrons. The molecule has 1 saturated carbocycles. The van der Waals surface area contributed by atoms with Crippen LogP contribution in [0.4, 0.5) is 4.79 Å². The van der Waals surface area contributed by atoms with E-state index in [1.165, 1.54) is 6.42 Å². The van der Waals surface area contributed by atoms with Gasteiger partial charge < -0.3 is 9.73 Å². The maximum atomic E-state index is 12.8. The molecule has 4 rings (SSSR count). The van der Waals surface area contributed by atoms with Gasteiger partial charge in [0.1, 0.15) is 5.69 Å². The Morgan fingerprint density at radius 3 is 2.61 bits per heavy atom. The zero-order valence-corrected chi connectivity index (χ0v) is 15.4. The Bertz CT molecular complexity index is 978. The van der Waals surface area contributed by atoms with Gasteiger partial charge in [-0.05, 0) is 37.1 Å². The van der Waals surface area contributed by atoms with E-state index < -0.39 is 11.9 Å². The molecule has 1 fully saturated rings. The van der Waals surface area contributed by atoms with Gasteiger partial charge in [-0.2, -0.15) is 0 Å². The van der Waals surface area contributed by atoms with Crippen molar-refractivity contribution in [2.75, 3.05) is 0 Å². The summed E-state index contributed by atoms with van der Waals surface area (Å²) < 4.78 is 5.41. The predicted octanol–water partition coefficient (Wildman–Crippen LogP) is 3.77. The van der Waals surface area contributed by atoms with Crippen molar-refractivity contribution >= 4 is 22.8 Å². The lowest BCUT2D eigenvalue weighted by Crippen LogP contribution is -2.50. The first-order valence-corrected chi connectivity index (χ1v) is 9.51. The number of fused-ring (bicyclic) bond motifs is 1. The number of furan rings is 1. The Kier molecular flexibility index (Phi) is 5.23. The molecule has 7 heteroatoms. The fraction of sp³-hybridized carbons (Fsp3) is 0.286. The molecule has 2 heterocycles. The standard InChI is InChI=1S/C21H22N4O3/c26-20(24-25-21(27)22-14-7-2-1-3-8-14)16-13-18(19-11-6-12-28-19)23-17-10-5-4-9-15(16)17/h4-6,9-14H,1-3,7-8H2,(H,24,26)(H2,22,25,27). The van der Waals surface area contributed by atoms with E-state index in [1.807, 2.05) is 24.3 Å². The minimum atomic E-state index is -0.412. The number of urea groups is 1. The average molecular weight is 378 g/mol. The second kappa shape index (κ2) is 8.12. The number of hydrazine groups is 1. The van der Waals surface area contributed by atoms with E-state index in [2.05, 4.69) is 21.2 Å². The third-order valence-corrected chi connectivity index (χ3v) is 4.96. The summed E-state index contributed by atoms with van der Waals surface area (Å²) >= 11 is 0. The molecule has 0 unspecified atom stereocenters. The average Bonchev–Trinajstić information content (AvgIpc) is 3.27. The van der Waals surface area contributed by atoms with Crippen LogP contribution in [-0.4, -0.2) is 23.0 Å². The molecule has 2 aromatic heterocycles. The van der Waals surface area contributed by atoms with Gasteiger partial charge in [0.25, 0.3) is 5.91 Å². The molecule has 0 bridgehead atoms. The molecule has 3 amide bonds. The van der Waals surface area contributed by atoms with Crippen molar-refractivity contribution in [2.24, 2.45) is 0 Å². The first kappa shape index (κ1) is 18.0. The molecule has 3 N–H and O–H groups in total. The fourth-order valence-electron chi connectivity index (χ4n) is 3.56. The summed E-state index contributed by atoms with van der Waals surface area (Å²) in [5.41, 5.74) is 6.59. The number of carbonyl (C=O) groups excluding carboxylic acids is 2. The number of nitrogens with zero attached hydrogens (tertiary/aromatic N) is 1. The maximum absolute atomic E-state index is 12.8. The minimum absolute atomic E-state index is 0.165. The van der Waals surface area contributed by atoms with Crippen molar-refractivity contribution in [1.82, 2.24) is 21.2 Å². The lowest BCUT2D eigenvalue weighted by molar-refractivity contribution is 0.0937. The first-order chi connectivity index (χ1) is 13.7. The molecule has 1 aromatic carbocycles. The van der Waals surface area contributed by atoms with E-state index in [4.69, 9.17) is 4.42 Å². The number of benzene rings is 1. The smallest absolute Gasteiger partial charge is 0.333 e. The number of rotatable bonds is 3. The fourth-order valence-corrected chi connectivity index (χ4v) is 3.56. The summed E-state index contributed by atoms with van der Waals surface area (Å²) in [6.07, 6.45) is 6.96. The number of para-hydroxylation sites is 1. The summed E-state index contributed by atoms with van der Waals surface area (Å²) in [5, 5.41) is 3.60. The topological polar surface area (TPSA) is 96.3 Å². The molecular formula is C21H22N4O3. The number of carbonyl (C=O) groups is 2. The van der Waals surface area contributed by atoms with Crippen molar-refractivity contribution in [3.8, 4) is 11.5 Å². The summed E-state index contributed by atoms with van der Waals surface area (Å²) in [6.45, 7) is 0. The Morgan fingerprint density at radius 1 is 1.00 bits per heavy atom. The SMILES string of the molecule is O=C(NNC(=O)c1cc(-c2ccco2)nc2ccccc12)NC1CCCCC1. The lowest BCUT2D eigenvalue weighted by atomic mass is 9.96. The van der Waals surface area contributed by atoms with Gasteiger partial charge in [-0.25, -0.2) is 15.2 Å². The molecule has 0 aliphatic heterocycles.